The van der Waals surface area contributed by atoms with Crippen molar-refractivity contribution in [1.29, 1.82) is 0 Å². The van der Waals surface area contributed by atoms with Crippen molar-refractivity contribution in [3.8, 4) is 11.5 Å². The van der Waals surface area contributed by atoms with Crippen molar-refractivity contribution < 1.29 is 19.1 Å². The average molecular weight is 420 g/mol. The molecule has 0 N–H and O–H groups in total. The van der Waals surface area contributed by atoms with E-state index in [4.69, 9.17) is 21.1 Å². The van der Waals surface area contributed by atoms with Crippen molar-refractivity contribution >= 4 is 23.5 Å². The summed E-state index contributed by atoms with van der Waals surface area (Å²) < 4.78 is 11.6. The quantitative estimate of drug-likeness (QED) is 0.558. The molecule has 1 saturated heterocycles. The van der Waals surface area contributed by atoms with E-state index in [1.165, 1.54) is 0 Å². The Balaban J connectivity index is 1.36. The Bertz CT molecular complexity index is 1160. The largest absolute Gasteiger partial charge is 0.457 e. The molecule has 0 saturated carbocycles. The molecule has 30 heavy (non-hydrogen) atoms. The summed E-state index contributed by atoms with van der Waals surface area (Å²) in [5.41, 5.74) is 1.22. The van der Waals surface area contributed by atoms with Crippen molar-refractivity contribution in [3.63, 3.8) is 0 Å². The molecular weight excluding hydrogens is 402 g/mol. The van der Waals surface area contributed by atoms with Crippen LogP contribution in [0.5, 0.6) is 11.5 Å². The third-order valence-electron chi connectivity index (χ3n) is 5.56. The van der Waals surface area contributed by atoms with Gasteiger partial charge in [0.1, 0.15) is 11.5 Å². The Morgan fingerprint density at radius 2 is 1.77 bits per heavy atom. The zero-order valence-electron chi connectivity index (χ0n) is 16.0. The van der Waals surface area contributed by atoms with Gasteiger partial charge in [0.05, 0.1) is 12.1 Å². The molecule has 0 unspecified atom stereocenters. The molecule has 2 aliphatic heterocycles. The molecule has 1 amide bonds. The Morgan fingerprint density at radius 3 is 2.60 bits per heavy atom. The summed E-state index contributed by atoms with van der Waals surface area (Å²) in [6.45, 7) is 0.855. The predicted molar refractivity (Wildman–Crippen MR) is 112 cm³/mol. The number of halogens is 1. The number of likely N-dealkylation sites (tertiary alicyclic amines) is 1. The number of benzene rings is 3. The first-order valence-electron chi connectivity index (χ1n) is 9.70. The Hall–Kier alpha value is -3.31. The zero-order chi connectivity index (χ0) is 20.7. The SMILES string of the molecule is O=C1O[C@]2(CCN(C(=O)c3cccc(Oc4cccc(Cl)c4)c3)C2)c2ccccc21. The number of ether oxygens (including phenoxy) is 2. The highest BCUT2D eigenvalue weighted by Gasteiger charge is 2.50. The lowest BCUT2D eigenvalue weighted by molar-refractivity contribution is -0.00306. The van der Waals surface area contributed by atoms with Crippen LogP contribution in [0, 0.1) is 0 Å². The first-order valence-corrected chi connectivity index (χ1v) is 10.1. The smallest absolute Gasteiger partial charge is 0.339 e. The number of amides is 1. The number of hydrogen-bond acceptors (Lipinski definition) is 4. The van der Waals surface area contributed by atoms with Gasteiger partial charge in [0.2, 0.25) is 0 Å². The van der Waals surface area contributed by atoms with Crippen molar-refractivity contribution in [3.05, 3.63) is 94.5 Å². The summed E-state index contributed by atoms with van der Waals surface area (Å²) >= 11 is 6.01. The van der Waals surface area contributed by atoms with Gasteiger partial charge in [-0.1, -0.05) is 41.9 Å². The van der Waals surface area contributed by atoms with Crippen LogP contribution in [0.15, 0.2) is 72.8 Å². The molecule has 0 aromatic heterocycles. The molecule has 2 aliphatic rings. The minimum atomic E-state index is -0.752. The first kappa shape index (κ1) is 18.7. The lowest BCUT2D eigenvalue weighted by Gasteiger charge is -2.24. The minimum absolute atomic E-state index is 0.121. The molecule has 3 aromatic rings. The molecule has 150 valence electrons. The molecule has 1 atom stereocenters. The van der Waals surface area contributed by atoms with E-state index in [0.29, 0.717) is 47.2 Å². The van der Waals surface area contributed by atoms with Crippen LogP contribution in [0.25, 0.3) is 0 Å². The molecule has 1 spiro atoms. The maximum Gasteiger partial charge on any atom is 0.339 e. The maximum absolute atomic E-state index is 13.1. The lowest BCUT2D eigenvalue weighted by atomic mass is 9.91. The van der Waals surface area contributed by atoms with E-state index in [1.54, 1.807) is 59.5 Å². The van der Waals surface area contributed by atoms with Crippen LogP contribution in [0.3, 0.4) is 0 Å². The number of carbonyl (C=O) groups is 2. The van der Waals surface area contributed by atoms with Gasteiger partial charge in [0, 0.05) is 29.1 Å². The van der Waals surface area contributed by atoms with E-state index in [1.807, 2.05) is 18.2 Å². The fourth-order valence-corrected chi connectivity index (χ4v) is 4.33. The van der Waals surface area contributed by atoms with Crippen LogP contribution >= 0.6 is 11.6 Å². The molecule has 2 heterocycles. The fraction of sp³-hybridized carbons (Fsp3) is 0.167. The Morgan fingerprint density at radius 1 is 1.00 bits per heavy atom. The topological polar surface area (TPSA) is 55.8 Å². The summed E-state index contributed by atoms with van der Waals surface area (Å²) in [7, 11) is 0. The van der Waals surface area contributed by atoms with Gasteiger partial charge in [0.15, 0.2) is 5.60 Å². The van der Waals surface area contributed by atoms with Gasteiger partial charge in [-0.2, -0.15) is 0 Å². The average Bonchev–Trinajstić information content (AvgIpc) is 3.30. The second-order valence-corrected chi connectivity index (χ2v) is 7.93. The molecule has 6 heteroatoms. The molecular formula is C24H18ClNO4. The normalized spacial score (nSPS) is 19.6. The second kappa shape index (κ2) is 7.18. The number of rotatable bonds is 3. The monoisotopic (exact) mass is 419 g/mol. The zero-order valence-corrected chi connectivity index (χ0v) is 16.8. The summed E-state index contributed by atoms with van der Waals surface area (Å²) in [6, 6.07) is 21.5. The molecule has 1 fully saturated rings. The lowest BCUT2D eigenvalue weighted by Crippen LogP contribution is -2.34. The molecule has 0 bridgehead atoms. The highest BCUT2D eigenvalue weighted by atomic mass is 35.5. The van der Waals surface area contributed by atoms with Crippen LogP contribution in [-0.2, 0) is 10.3 Å². The molecule has 5 rings (SSSR count). The third-order valence-corrected chi connectivity index (χ3v) is 5.79. The Labute approximate surface area is 178 Å². The van der Waals surface area contributed by atoms with Gasteiger partial charge in [-0.3, -0.25) is 4.79 Å². The summed E-state index contributed by atoms with van der Waals surface area (Å²) in [5.74, 6) is 0.706. The van der Waals surface area contributed by atoms with Crippen molar-refractivity contribution in [2.24, 2.45) is 0 Å². The van der Waals surface area contributed by atoms with Crippen molar-refractivity contribution in [2.75, 3.05) is 13.1 Å². The highest BCUT2D eigenvalue weighted by Crippen LogP contribution is 2.43. The fourth-order valence-electron chi connectivity index (χ4n) is 4.15. The van der Waals surface area contributed by atoms with Crippen LogP contribution in [0.2, 0.25) is 5.02 Å². The number of hydrogen-bond donors (Lipinski definition) is 0. The van der Waals surface area contributed by atoms with E-state index in [0.717, 1.165) is 5.56 Å². The standard InChI is InChI=1S/C24H18ClNO4/c25-17-6-4-8-19(14-17)29-18-7-3-5-16(13-18)22(27)26-12-11-24(15-26)21-10-2-1-9-20(21)23(28)30-24/h1-10,13-14H,11-12,15H2/t24-/m0/s1. The van der Waals surface area contributed by atoms with Crippen molar-refractivity contribution in [2.45, 2.75) is 12.0 Å². The number of esters is 1. The molecule has 3 aromatic carbocycles. The molecule has 5 nitrogen and oxygen atoms in total. The minimum Gasteiger partial charge on any atom is -0.457 e. The first-order chi connectivity index (χ1) is 14.5. The van der Waals surface area contributed by atoms with E-state index in [9.17, 15) is 9.59 Å². The highest BCUT2D eigenvalue weighted by molar-refractivity contribution is 6.30. The predicted octanol–water partition coefficient (Wildman–Crippen LogP) is 5.04. The number of fused-ring (bicyclic) bond motifs is 2. The van der Waals surface area contributed by atoms with E-state index >= 15 is 0 Å². The number of nitrogens with zero attached hydrogens (tertiary/aromatic N) is 1. The molecule has 0 radical (unpaired) electrons. The van der Waals surface area contributed by atoms with Crippen LogP contribution in [-0.4, -0.2) is 29.9 Å². The van der Waals surface area contributed by atoms with Gasteiger partial charge in [-0.15, -0.1) is 0 Å². The Kier molecular flexibility index (Phi) is 4.48. The van der Waals surface area contributed by atoms with Gasteiger partial charge < -0.3 is 14.4 Å². The maximum atomic E-state index is 13.1. The van der Waals surface area contributed by atoms with Crippen LogP contribution < -0.4 is 4.74 Å². The summed E-state index contributed by atoms with van der Waals surface area (Å²) in [5, 5.41) is 0.577. The van der Waals surface area contributed by atoms with Gasteiger partial charge >= 0.3 is 5.97 Å². The van der Waals surface area contributed by atoms with Gasteiger partial charge in [-0.05, 0) is 42.5 Å². The van der Waals surface area contributed by atoms with Gasteiger partial charge in [-0.25, -0.2) is 4.79 Å². The molecule has 0 aliphatic carbocycles. The van der Waals surface area contributed by atoms with E-state index in [2.05, 4.69) is 0 Å². The second-order valence-electron chi connectivity index (χ2n) is 7.49. The summed E-state index contributed by atoms with van der Waals surface area (Å²) in [6.07, 6.45) is 0.584. The summed E-state index contributed by atoms with van der Waals surface area (Å²) in [4.78, 5) is 27.1. The van der Waals surface area contributed by atoms with Crippen molar-refractivity contribution in [1.82, 2.24) is 4.90 Å². The van der Waals surface area contributed by atoms with Gasteiger partial charge in [0.25, 0.3) is 5.91 Å². The number of carbonyl (C=O) groups excluding carboxylic acids is 2. The third kappa shape index (κ3) is 3.21. The van der Waals surface area contributed by atoms with Crippen LogP contribution in [0.1, 0.15) is 32.7 Å². The van der Waals surface area contributed by atoms with E-state index < -0.39 is 5.60 Å². The van der Waals surface area contributed by atoms with E-state index in [-0.39, 0.29) is 11.9 Å². The van der Waals surface area contributed by atoms with Crippen LogP contribution in [0.4, 0.5) is 0 Å².